The van der Waals surface area contributed by atoms with Crippen LogP contribution in [0, 0.1) is 13.8 Å². The number of hydrogen-bond acceptors (Lipinski definition) is 3. The summed E-state index contributed by atoms with van der Waals surface area (Å²) >= 11 is 0. The lowest BCUT2D eigenvalue weighted by atomic mass is 10.1. The number of piperazine rings is 1. The fourth-order valence-corrected chi connectivity index (χ4v) is 3.25. The Balaban J connectivity index is 1.82. The van der Waals surface area contributed by atoms with Crippen molar-refractivity contribution >= 4 is 11.6 Å². The second-order valence-corrected chi connectivity index (χ2v) is 6.74. The summed E-state index contributed by atoms with van der Waals surface area (Å²) in [6, 6.07) is 6.78. The maximum atomic E-state index is 12.1. The molecule has 4 nitrogen and oxygen atoms in total. The number of nitrogens with zero attached hydrogens (tertiary/aromatic N) is 2. The molecule has 23 heavy (non-hydrogen) atoms. The van der Waals surface area contributed by atoms with E-state index in [2.05, 4.69) is 61.0 Å². The Kier molecular flexibility index (Phi) is 6.46. The number of nitrogens with one attached hydrogen (secondary N) is 1. The van der Waals surface area contributed by atoms with Crippen molar-refractivity contribution in [3.8, 4) is 0 Å². The van der Waals surface area contributed by atoms with Gasteiger partial charge >= 0.3 is 0 Å². The first kappa shape index (κ1) is 17.8. The van der Waals surface area contributed by atoms with E-state index in [9.17, 15) is 4.79 Å². The number of carbonyl (C=O) groups is 1. The van der Waals surface area contributed by atoms with E-state index in [0.717, 1.165) is 39.0 Å². The Morgan fingerprint density at radius 2 is 1.91 bits per heavy atom. The van der Waals surface area contributed by atoms with Crippen molar-refractivity contribution in [2.24, 2.45) is 0 Å². The van der Waals surface area contributed by atoms with E-state index >= 15 is 0 Å². The zero-order valence-corrected chi connectivity index (χ0v) is 15.1. The Labute approximate surface area is 140 Å². The Morgan fingerprint density at radius 3 is 2.57 bits per heavy atom. The minimum absolute atomic E-state index is 0.158. The monoisotopic (exact) mass is 317 g/mol. The van der Waals surface area contributed by atoms with Crippen molar-refractivity contribution in [1.82, 2.24) is 10.2 Å². The minimum Gasteiger partial charge on any atom is -0.369 e. The molecule has 1 heterocycles. The van der Waals surface area contributed by atoms with E-state index < -0.39 is 0 Å². The van der Waals surface area contributed by atoms with Crippen LogP contribution in [0.1, 0.15) is 37.8 Å². The van der Waals surface area contributed by atoms with Gasteiger partial charge in [0.25, 0.3) is 0 Å². The molecule has 1 aromatic rings. The van der Waals surface area contributed by atoms with Crippen LogP contribution in [0.15, 0.2) is 18.2 Å². The zero-order chi connectivity index (χ0) is 16.8. The fraction of sp³-hybridized carbons (Fsp3) is 0.632. The number of carbonyl (C=O) groups excluding carboxylic acids is 1. The smallest absolute Gasteiger partial charge is 0.234 e. The molecule has 1 unspecified atom stereocenters. The number of anilines is 1. The van der Waals surface area contributed by atoms with Crippen LogP contribution in [0.2, 0.25) is 0 Å². The van der Waals surface area contributed by atoms with Crippen LogP contribution in [-0.2, 0) is 4.79 Å². The first-order valence-corrected chi connectivity index (χ1v) is 8.84. The molecule has 4 heteroatoms. The summed E-state index contributed by atoms with van der Waals surface area (Å²) in [7, 11) is 0. The molecule has 128 valence electrons. The fourth-order valence-electron chi connectivity index (χ4n) is 3.25. The maximum Gasteiger partial charge on any atom is 0.234 e. The molecule has 1 aromatic carbocycles. The van der Waals surface area contributed by atoms with Crippen LogP contribution in [0.5, 0.6) is 0 Å². The lowest BCUT2D eigenvalue weighted by Crippen LogP contribution is -2.50. The summed E-state index contributed by atoms with van der Waals surface area (Å²) in [5.41, 5.74) is 4.05. The first-order valence-electron chi connectivity index (χ1n) is 8.84. The highest BCUT2D eigenvalue weighted by Gasteiger charge is 2.20. The normalized spacial score (nSPS) is 17.1. The van der Waals surface area contributed by atoms with Crippen LogP contribution in [0.25, 0.3) is 0 Å². The van der Waals surface area contributed by atoms with Gasteiger partial charge in [-0.15, -0.1) is 0 Å². The summed E-state index contributed by atoms with van der Waals surface area (Å²) in [5, 5.41) is 3.09. The molecule has 1 saturated heterocycles. The number of amides is 1. The van der Waals surface area contributed by atoms with Gasteiger partial charge in [0.2, 0.25) is 5.91 Å². The Morgan fingerprint density at radius 1 is 1.22 bits per heavy atom. The minimum atomic E-state index is 0.158. The van der Waals surface area contributed by atoms with Crippen molar-refractivity contribution in [2.45, 2.75) is 46.6 Å². The van der Waals surface area contributed by atoms with Gasteiger partial charge in [0.1, 0.15) is 0 Å². The maximum absolute atomic E-state index is 12.1. The highest BCUT2D eigenvalue weighted by Crippen LogP contribution is 2.23. The van der Waals surface area contributed by atoms with E-state index in [1.165, 1.54) is 16.8 Å². The highest BCUT2D eigenvalue weighted by atomic mass is 16.2. The molecule has 0 spiro atoms. The first-order chi connectivity index (χ1) is 11.0. The van der Waals surface area contributed by atoms with Crippen molar-refractivity contribution in [3.05, 3.63) is 29.3 Å². The van der Waals surface area contributed by atoms with Crippen LogP contribution in [0.3, 0.4) is 0 Å². The molecule has 0 aliphatic carbocycles. The number of benzene rings is 1. The van der Waals surface area contributed by atoms with Gasteiger partial charge in [-0.2, -0.15) is 0 Å². The van der Waals surface area contributed by atoms with Crippen LogP contribution in [0.4, 0.5) is 5.69 Å². The quantitative estimate of drug-likeness (QED) is 0.876. The average Bonchev–Trinajstić information content (AvgIpc) is 2.51. The van der Waals surface area contributed by atoms with Gasteiger partial charge in [-0.3, -0.25) is 9.69 Å². The SMILES string of the molecule is CCCC(C)NC(=O)CN1CCN(c2cccc(C)c2C)CC1. The number of aryl methyl sites for hydroxylation is 1. The third-order valence-corrected chi connectivity index (χ3v) is 4.79. The van der Waals surface area contributed by atoms with Gasteiger partial charge in [-0.25, -0.2) is 0 Å². The molecule has 1 fully saturated rings. The molecule has 1 atom stereocenters. The average molecular weight is 317 g/mol. The van der Waals surface area contributed by atoms with Gasteiger partial charge < -0.3 is 10.2 Å². The molecule has 0 bridgehead atoms. The summed E-state index contributed by atoms with van der Waals surface area (Å²) in [6.45, 7) is 13.0. The lowest BCUT2D eigenvalue weighted by Gasteiger charge is -2.36. The van der Waals surface area contributed by atoms with Crippen LogP contribution in [-0.4, -0.2) is 49.6 Å². The lowest BCUT2D eigenvalue weighted by molar-refractivity contribution is -0.122. The van der Waals surface area contributed by atoms with E-state index in [0.29, 0.717) is 6.54 Å². The predicted molar refractivity (Wildman–Crippen MR) is 97.1 cm³/mol. The summed E-state index contributed by atoms with van der Waals surface area (Å²) in [5.74, 6) is 0.158. The van der Waals surface area contributed by atoms with Gasteiger partial charge in [-0.05, 0) is 44.4 Å². The van der Waals surface area contributed by atoms with Crippen molar-refractivity contribution in [3.63, 3.8) is 0 Å². The topological polar surface area (TPSA) is 35.6 Å². The van der Waals surface area contributed by atoms with Gasteiger partial charge in [-0.1, -0.05) is 25.5 Å². The molecular formula is C19H31N3O. The van der Waals surface area contributed by atoms with Gasteiger partial charge in [0.05, 0.1) is 6.54 Å². The Bertz CT molecular complexity index is 521. The summed E-state index contributed by atoms with van der Waals surface area (Å²) in [6.07, 6.45) is 2.15. The molecular weight excluding hydrogens is 286 g/mol. The molecule has 0 saturated carbocycles. The molecule has 1 amide bonds. The van der Waals surface area contributed by atoms with E-state index in [1.807, 2.05) is 0 Å². The predicted octanol–water partition coefficient (Wildman–Crippen LogP) is 2.73. The van der Waals surface area contributed by atoms with E-state index in [4.69, 9.17) is 0 Å². The van der Waals surface area contributed by atoms with E-state index in [1.54, 1.807) is 0 Å². The van der Waals surface area contributed by atoms with Crippen LogP contribution >= 0.6 is 0 Å². The number of rotatable bonds is 6. The molecule has 1 aliphatic heterocycles. The third kappa shape index (κ3) is 4.96. The highest BCUT2D eigenvalue weighted by molar-refractivity contribution is 5.78. The van der Waals surface area contributed by atoms with E-state index in [-0.39, 0.29) is 11.9 Å². The van der Waals surface area contributed by atoms with Crippen LogP contribution < -0.4 is 10.2 Å². The standard InChI is InChI=1S/C19H31N3O/c1-5-7-16(3)20-19(23)14-21-10-12-22(13-11-21)18-9-6-8-15(2)17(18)4/h6,8-9,16H,5,7,10-14H2,1-4H3,(H,20,23). The van der Waals surface area contributed by atoms with Gasteiger partial charge in [0, 0.05) is 37.9 Å². The summed E-state index contributed by atoms with van der Waals surface area (Å²) in [4.78, 5) is 16.8. The molecule has 2 rings (SSSR count). The zero-order valence-electron chi connectivity index (χ0n) is 15.1. The second kappa shape index (κ2) is 8.34. The second-order valence-electron chi connectivity index (χ2n) is 6.74. The van der Waals surface area contributed by atoms with Crippen molar-refractivity contribution < 1.29 is 4.79 Å². The summed E-state index contributed by atoms with van der Waals surface area (Å²) < 4.78 is 0. The molecule has 0 radical (unpaired) electrons. The molecule has 1 aliphatic rings. The third-order valence-electron chi connectivity index (χ3n) is 4.79. The largest absolute Gasteiger partial charge is 0.369 e. The van der Waals surface area contributed by atoms with Crippen molar-refractivity contribution in [1.29, 1.82) is 0 Å². The molecule has 1 N–H and O–H groups in total. The Hall–Kier alpha value is -1.55. The van der Waals surface area contributed by atoms with Crippen molar-refractivity contribution in [2.75, 3.05) is 37.6 Å². The van der Waals surface area contributed by atoms with Gasteiger partial charge in [0.15, 0.2) is 0 Å². The number of hydrogen-bond donors (Lipinski definition) is 1. The molecule has 0 aromatic heterocycles.